The molecule has 3 aromatic heterocycles. The van der Waals surface area contributed by atoms with Gasteiger partial charge in [-0.3, -0.25) is 9.48 Å². The van der Waals surface area contributed by atoms with Gasteiger partial charge in [0.15, 0.2) is 11.6 Å². The lowest BCUT2D eigenvalue weighted by Gasteiger charge is -2.26. The highest BCUT2D eigenvalue weighted by molar-refractivity contribution is 5.91. The second-order valence-corrected chi connectivity index (χ2v) is 5.62. The van der Waals surface area contributed by atoms with Crippen molar-refractivity contribution in [1.29, 1.82) is 0 Å². The van der Waals surface area contributed by atoms with E-state index < -0.39 is 0 Å². The molecular weight excluding hydrogens is 296 g/mol. The van der Waals surface area contributed by atoms with Crippen LogP contribution in [0.3, 0.4) is 0 Å². The third-order valence-electron chi connectivity index (χ3n) is 4.18. The second-order valence-electron chi connectivity index (χ2n) is 5.62. The van der Waals surface area contributed by atoms with Crippen molar-refractivity contribution < 1.29 is 9.21 Å². The van der Waals surface area contributed by atoms with Crippen LogP contribution in [0.1, 0.15) is 21.8 Å². The average Bonchev–Trinajstić information content (AvgIpc) is 3.27. The molecule has 0 unspecified atom stereocenters. The molecule has 4 heterocycles. The van der Waals surface area contributed by atoms with Gasteiger partial charge in [-0.1, -0.05) is 0 Å². The lowest BCUT2D eigenvalue weighted by atomic mass is 10.0. The third kappa shape index (κ3) is 2.14. The van der Waals surface area contributed by atoms with Crippen molar-refractivity contribution in [3.05, 3.63) is 41.7 Å². The van der Waals surface area contributed by atoms with E-state index in [4.69, 9.17) is 4.42 Å². The summed E-state index contributed by atoms with van der Waals surface area (Å²) in [5.74, 6) is 0.958. The Morgan fingerprint density at radius 3 is 2.91 bits per heavy atom. The van der Waals surface area contributed by atoms with E-state index in [2.05, 4.69) is 15.3 Å². The zero-order valence-corrected chi connectivity index (χ0v) is 12.9. The molecular formula is C15H16N6O2. The van der Waals surface area contributed by atoms with Crippen LogP contribution in [-0.4, -0.2) is 41.9 Å². The van der Waals surface area contributed by atoms with Gasteiger partial charge in [-0.05, 0) is 12.1 Å². The number of fused-ring (bicyclic) bond motifs is 1. The number of nitrogens with zero attached hydrogens (tertiary/aromatic N) is 6. The summed E-state index contributed by atoms with van der Waals surface area (Å²) < 4.78 is 8.92. The van der Waals surface area contributed by atoms with Gasteiger partial charge in [-0.15, -0.1) is 10.2 Å². The number of amides is 1. The van der Waals surface area contributed by atoms with Crippen molar-refractivity contribution in [2.75, 3.05) is 6.54 Å². The fraction of sp³-hybridized carbons (Fsp3) is 0.333. The smallest absolute Gasteiger partial charge is 0.289 e. The molecule has 0 spiro atoms. The molecule has 8 nitrogen and oxygen atoms in total. The molecule has 0 aliphatic carbocycles. The van der Waals surface area contributed by atoms with E-state index in [1.54, 1.807) is 23.4 Å². The van der Waals surface area contributed by atoms with Gasteiger partial charge in [-0.25, -0.2) is 0 Å². The van der Waals surface area contributed by atoms with Crippen molar-refractivity contribution in [2.24, 2.45) is 14.1 Å². The Hall–Kier alpha value is -2.90. The number of hydrogen-bond donors (Lipinski definition) is 0. The molecule has 0 aromatic carbocycles. The summed E-state index contributed by atoms with van der Waals surface area (Å²) in [6, 6.07) is 3.41. The van der Waals surface area contributed by atoms with E-state index in [-0.39, 0.29) is 5.91 Å². The van der Waals surface area contributed by atoms with Crippen LogP contribution in [0.25, 0.3) is 11.5 Å². The van der Waals surface area contributed by atoms with Gasteiger partial charge in [0.2, 0.25) is 0 Å². The Morgan fingerprint density at radius 2 is 2.22 bits per heavy atom. The summed E-state index contributed by atoms with van der Waals surface area (Å²) in [4.78, 5) is 14.3. The Balaban J connectivity index is 1.71. The molecule has 0 bridgehead atoms. The minimum Gasteiger partial charge on any atom is -0.459 e. The first-order valence-corrected chi connectivity index (χ1v) is 7.37. The van der Waals surface area contributed by atoms with Gasteiger partial charge < -0.3 is 13.9 Å². The molecule has 0 saturated heterocycles. The van der Waals surface area contributed by atoms with E-state index >= 15 is 0 Å². The largest absolute Gasteiger partial charge is 0.459 e. The standard InChI is InChI=1S/C15H16N6O2/c1-19-9-16-17-14(19)13-10-8-21(6-5-11(10)20(2)18-13)15(22)12-4-3-7-23-12/h3-4,7,9H,5-6,8H2,1-2H3. The van der Waals surface area contributed by atoms with Gasteiger partial charge in [0.25, 0.3) is 5.91 Å². The zero-order chi connectivity index (χ0) is 16.0. The van der Waals surface area contributed by atoms with Crippen LogP contribution in [0.4, 0.5) is 0 Å². The van der Waals surface area contributed by atoms with E-state index in [1.807, 2.05) is 23.3 Å². The Labute approximate surface area is 132 Å². The van der Waals surface area contributed by atoms with Gasteiger partial charge in [0.05, 0.1) is 12.8 Å². The Kier molecular flexibility index (Phi) is 3.03. The summed E-state index contributed by atoms with van der Waals surface area (Å²) in [6.45, 7) is 1.13. The van der Waals surface area contributed by atoms with Crippen molar-refractivity contribution in [3.8, 4) is 11.5 Å². The molecule has 0 N–H and O–H groups in total. The van der Waals surface area contributed by atoms with Gasteiger partial charge in [0, 0.05) is 38.3 Å². The zero-order valence-electron chi connectivity index (χ0n) is 12.9. The highest BCUT2D eigenvalue weighted by atomic mass is 16.3. The highest BCUT2D eigenvalue weighted by Gasteiger charge is 2.29. The van der Waals surface area contributed by atoms with Crippen LogP contribution in [0.5, 0.6) is 0 Å². The molecule has 1 aliphatic rings. The van der Waals surface area contributed by atoms with E-state index in [9.17, 15) is 4.79 Å². The molecule has 118 valence electrons. The lowest BCUT2D eigenvalue weighted by molar-refractivity contribution is 0.0701. The predicted molar refractivity (Wildman–Crippen MR) is 80.4 cm³/mol. The molecule has 1 amide bonds. The van der Waals surface area contributed by atoms with Crippen LogP contribution in [0.15, 0.2) is 29.1 Å². The van der Waals surface area contributed by atoms with E-state index in [0.717, 1.165) is 23.4 Å². The maximum absolute atomic E-state index is 12.5. The molecule has 4 rings (SSSR count). The molecule has 8 heteroatoms. The first kappa shape index (κ1) is 13.7. The highest BCUT2D eigenvalue weighted by Crippen LogP contribution is 2.28. The third-order valence-corrected chi connectivity index (χ3v) is 4.18. The number of furan rings is 1. The molecule has 0 radical (unpaired) electrons. The Morgan fingerprint density at radius 1 is 1.35 bits per heavy atom. The first-order chi connectivity index (χ1) is 11.1. The van der Waals surface area contributed by atoms with E-state index in [0.29, 0.717) is 24.7 Å². The summed E-state index contributed by atoms with van der Waals surface area (Å²) >= 11 is 0. The van der Waals surface area contributed by atoms with Crippen LogP contribution < -0.4 is 0 Å². The normalized spacial score (nSPS) is 14.1. The van der Waals surface area contributed by atoms with Gasteiger partial charge in [-0.2, -0.15) is 5.10 Å². The fourth-order valence-corrected chi connectivity index (χ4v) is 3.00. The van der Waals surface area contributed by atoms with Crippen LogP contribution >= 0.6 is 0 Å². The lowest BCUT2D eigenvalue weighted by Crippen LogP contribution is -2.36. The number of hydrogen-bond acceptors (Lipinski definition) is 5. The topological polar surface area (TPSA) is 82.0 Å². The van der Waals surface area contributed by atoms with E-state index in [1.165, 1.54) is 6.26 Å². The van der Waals surface area contributed by atoms with Crippen LogP contribution in [0.2, 0.25) is 0 Å². The second kappa shape index (κ2) is 5.08. The summed E-state index contributed by atoms with van der Waals surface area (Å²) in [6.07, 6.45) is 3.91. The first-order valence-electron chi connectivity index (χ1n) is 7.37. The Bertz CT molecular complexity index is 861. The number of carbonyl (C=O) groups is 1. The number of aromatic nitrogens is 5. The van der Waals surface area contributed by atoms with Crippen molar-refractivity contribution in [1.82, 2.24) is 29.4 Å². The van der Waals surface area contributed by atoms with Crippen LogP contribution in [-0.2, 0) is 27.1 Å². The average molecular weight is 312 g/mol. The maximum atomic E-state index is 12.5. The molecule has 0 fully saturated rings. The molecule has 1 aliphatic heterocycles. The number of rotatable bonds is 2. The summed E-state index contributed by atoms with van der Waals surface area (Å²) in [7, 11) is 3.80. The summed E-state index contributed by atoms with van der Waals surface area (Å²) in [5, 5.41) is 12.6. The fourth-order valence-electron chi connectivity index (χ4n) is 3.00. The number of aryl methyl sites for hydroxylation is 2. The quantitative estimate of drug-likeness (QED) is 0.705. The van der Waals surface area contributed by atoms with Crippen LogP contribution in [0, 0.1) is 0 Å². The predicted octanol–water partition coefficient (Wildman–Crippen LogP) is 1.01. The summed E-state index contributed by atoms with van der Waals surface area (Å²) in [5.41, 5.74) is 2.93. The molecule has 3 aromatic rings. The molecule has 0 saturated carbocycles. The molecule has 0 atom stereocenters. The minimum absolute atomic E-state index is 0.103. The SMILES string of the molecule is Cn1cnnc1-c1nn(C)c2c1CN(C(=O)c1ccco1)CC2. The maximum Gasteiger partial charge on any atom is 0.289 e. The van der Waals surface area contributed by atoms with Crippen molar-refractivity contribution in [2.45, 2.75) is 13.0 Å². The minimum atomic E-state index is -0.103. The monoisotopic (exact) mass is 312 g/mol. The van der Waals surface area contributed by atoms with Gasteiger partial charge >= 0.3 is 0 Å². The van der Waals surface area contributed by atoms with Gasteiger partial charge in [0.1, 0.15) is 12.0 Å². The van der Waals surface area contributed by atoms with Crippen molar-refractivity contribution >= 4 is 5.91 Å². The molecule has 23 heavy (non-hydrogen) atoms. The van der Waals surface area contributed by atoms with Crippen molar-refractivity contribution in [3.63, 3.8) is 0 Å². The number of carbonyl (C=O) groups excluding carboxylic acids is 1.